The zero-order valence-electron chi connectivity index (χ0n) is 12.5. The van der Waals surface area contributed by atoms with Crippen molar-refractivity contribution in [2.45, 2.75) is 25.8 Å². The summed E-state index contributed by atoms with van der Waals surface area (Å²) in [4.78, 5) is 22.9. The number of hydrogen-bond acceptors (Lipinski definition) is 9. The molecule has 9 nitrogen and oxygen atoms in total. The average Bonchev–Trinajstić information content (AvgIpc) is 2.49. The Morgan fingerprint density at radius 3 is 1.83 bits per heavy atom. The molecule has 9 heteroatoms. The lowest BCUT2D eigenvalue weighted by molar-refractivity contribution is -0.252. The molecule has 0 saturated carbocycles. The van der Waals surface area contributed by atoms with Crippen molar-refractivity contribution in [1.82, 2.24) is 0 Å². The van der Waals surface area contributed by atoms with Crippen LogP contribution in [0.15, 0.2) is 24.3 Å². The van der Waals surface area contributed by atoms with Gasteiger partial charge in [-0.1, -0.05) is 24.3 Å². The molecule has 0 radical (unpaired) electrons. The lowest BCUT2D eigenvalue weighted by atomic mass is 10.1. The van der Waals surface area contributed by atoms with E-state index in [0.717, 1.165) is 0 Å². The van der Waals surface area contributed by atoms with Gasteiger partial charge in [-0.05, 0) is 11.1 Å². The van der Waals surface area contributed by atoms with Gasteiger partial charge in [-0.25, -0.2) is 0 Å². The smallest absolute Gasteiger partial charge is 0.317 e. The van der Waals surface area contributed by atoms with Crippen LogP contribution in [0.25, 0.3) is 0 Å². The molecule has 0 saturated heterocycles. The SMILES string of the molecule is COC(O)OC(=O)Cc1ccc(CC(=O)OC(O)OCN)cc1. The van der Waals surface area contributed by atoms with Gasteiger partial charge in [-0.15, -0.1) is 0 Å². The van der Waals surface area contributed by atoms with Gasteiger partial charge in [-0.3, -0.25) is 9.59 Å². The van der Waals surface area contributed by atoms with Crippen molar-refractivity contribution in [2.24, 2.45) is 5.73 Å². The second-order valence-electron chi connectivity index (χ2n) is 4.33. The highest BCUT2D eigenvalue weighted by Gasteiger charge is 2.13. The lowest BCUT2D eigenvalue weighted by Gasteiger charge is -2.11. The van der Waals surface area contributed by atoms with E-state index in [9.17, 15) is 9.59 Å². The molecular formula is C14H19NO8. The van der Waals surface area contributed by atoms with E-state index in [1.54, 1.807) is 24.3 Å². The molecule has 0 bridgehead atoms. The number of carbonyl (C=O) groups excluding carboxylic acids is 2. The average molecular weight is 329 g/mol. The topological polar surface area (TPSA) is 138 Å². The number of aliphatic hydroxyl groups excluding tert-OH is 2. The standard InChI is InChI=1S/C14H19NO8/c1-20-13(18)22-11(16)6-9-2-4-10(5-3-9)7-12(17)23-14(19)21-8-15/h2-5,13-14,18-19H,6-8,15H2,1H3. The van der Waals surface area contributed by atoms with Crippen LogP contribution in [-0.4, -0.2) is 48.9 Å². The summed E-state index contributed by atoms with van der Waals surface area (Å²) < 4.78 is 17.9. The summed E-state index contributed by atoms with van der Waals surface area (Å²) in [5, 5.41) is 18.1. The van der Waals surface area contributed by atoms with Crippen molar-refractivity contribution in [2.75, 3.05) is 13.8 Å². The molecule has 2 unspecified atom stereocenters. The monoisotopic (exact) mass is 329 g/mol. The van der Waals surface area contributed by atoms with Crippen LogP contribution in [0.2, 0.25) is 0 Å². The maximum Gasteiger partial charge on any atom is 0.317 e. The van der Waals surface area contributed by atoms with E-state index in [1.807, 2.05) is 0 Å². The predicted octanol–water partition coefficient (Wildman–Crippen LogP) is -1.01. The first-order valence-electron chi connectivity index (χ1n) is 6.62. The normalized spacial score (nSPS) is 13.2. The van der Waals surface area contributed by atoms with Crippen LogP contribution in [0.4, 0.5) is 0 Å². The second-order valence-corrected chi connectivity index (χ2v) is 4.33. The van der Waals surface area contributed by atoms with Gasteiger partial charge in [0.15, 0.2) is 0 Å². The Kier molecular flexibility index (Phi) is 8.16. The number of nitrogens with two attached hydrogens (primary N) is 1. The molecule has 1 aromatic carbocycles. The van der Waals surface area contributed by atoms with Gasteiger partial charge in [0.25, 0.3) is 0 Å². The van der Waals surface area contributed by atoms with Crippen molar-refractivity contribution >= 4 is 11.9 Å². The van der Waals surface area contributed by atoms with Gasteiger partial charge in [0.1, 0.15) is 6.73 Å². The minimum atomic E-state index is -1.70. The summed E-state index contributed by atoms with van der Waals surface area (Å²) >= 11 is 0. The Hall–Kier alpha value is -2.04. The predicted molar refractivity (Wildman–Crippen MR) is 75.2 cm³/mol. The first kappa shape index (κ1) is 19.0. The molecule has 0 spiro atoms. The largest absolute Gasteiger partial charge is 0.410 e. The molecule has 128 valence electrons. The number of hydrogen-bond donors (Lipinski definition) is 3. The van der Waals surface area contributed by atoms with Gasteiger partial charge in [0.05, 0.1) is 12.8 Å². The minimum absolute atomic E-state index is 0.0613. The van der Waals surface area contributed by atoms with Crippen LogP contribution in [0.3, 0.4) is 0 Å². The third-order valence-electron chi connectivity index (χ3n) is 2.62. The maximum atomic E-state index is 11.5. The Morgan fingerprint density at radius 1 is 1.00 bits per heavy atom. The van der Waals surface area contributed by atoms with Crippen molar-refractivity contribution in [3.05, 3.63) is 35.4 Å². The third kappa shape index (κ3) is 7.68. The van der Waals surface area contributed by atoms with E-state index in [4.69, 9.17) is 15.9 Å². The minimum Gasteiger partial charge on any atom is -0.410 e. The Morgan fingerprint density at radius 2 is 1.43 bits per heavy atom. The molecule has 1 aromatic rings. The van der Waals surface area contributed by atoms with Crippen LogP contribution in [0.1, 0.15) is 11.1 Å². The first-order valence-corrected chi connectivity index (χ1v) is 6.62. The Bertz CT molecular complexity index is 504. The highest BCUT2D eigenvalue weighted by Crippen LogP contribution is 2.08. The molecule has 0 fully saturated rings. The molecule has 0 aliphatic heterocycles. The zero-order chi connectivity index (χ0) is 17.2. The fourth-order valence-corrected chi connectivity index (χ4v) is 1.58. The maximum absolute atomic E-state index is 11.5. The fraction of sp³-hybridized carbons (Fsp3) is 0.429. The Labute approximate surface area is 132 Å². The molecule has 0 aromatic heterocycles. The van der Waals surface area contributed by atoms with E-state index < -0.39 is 24.9 Å². The molecule has 23 heavy (non-hydrogen) atoms. The second kappa shape index (κ2) is 9.87. The molecule has 2 atom stereocenters. The van der Waals surface area contributed by atoms with Crippen LogP contribution in [-0.2, 0) is 41.4 Å². The van der Waals surface area contributed by atoms with E-state index in [-0.39, 0.29) is 19.6 Å². The van der Waals surface area contributed by atoms with E-state index >= 15 is 0 Å². The van der Waals surface area contributed by atoms with Crippen molar-refractivity contribution in [3.8, 4) is 0 Å². The molecule has 0 amide bonds. The molecule has 4 N–H and O–H groups in total. The summed E-state index contributed by atoms with van der Waals surface area (Å²) in [6, 6.07) is 6.48. The van der Waals surface area contributed by atoms with Crippen molar-refractivity contribution < 1.29 is 38.7 Å². The number of esters is 2. The van der Waals surface area contributed by atoms with Gasteiger partial charge in [0.2, 0.25) is 0 Å². The number of methoxy groups -OCH3 is 1. The van der Waals surface area contributed by atoms with E-state index in [1.165, 1.54) is 7.11 Å². The van der Waals surface area contributed by atoms with E-state index in [2.05, 4.69) is 18.9 Å². The summed E-state index contributed by atoms with van der Waals surface area (Å²) in [6.07, 6.45) is -0.147. The summed E-state index contributed by atoms with van der Waals surface area (Å²) in [6.45, 7) is -3.58. The summed E-state index contributed by atoms with van der Waals surface area (Å²) in [5.41, 5.74) is 6.26. The van der Waals surface area contributed by atoms with Crippen LogP contribution >= 0.6 is 0 Å². The summed E-state index contributed by atoms with van der Waals surface area (Å²) in [5.74, 6) is -1.35. The van der Waals surface area contributed by atoms with E-state index in [0.29, 0.717) is 11.1 Å². The first-order chi connectivity index (χ1) is 10.9. The van der Waals surface area contributed by atoms with Gasteiger partial charge in [0, 0.05) is 7.11 Å². The van der Waals surface area contributed by atoms with Gasteiger partial charge in [-0.2, -0.15) is 0 Å². The number of carbonyl (C=O) groups is 2. The molecular weight excluding hydrogens is 310 g/mol. The highest BCUT2D eigenvalue weighted by molar-refractivity contribution is 5.73. The van der Waals surface area contributed by atoms with Crippen molar-refractivity contribution in [3.63, 3.8) is 0 Å². The zero-order valence-corrected chi connectivity index (χ0v) is 12.5. The molecule has 0 aliphatic carbocycles. The highest BCUT2D eigenvalue weighted by atomic mass is 16.8. The Balaban J connectivity index is 2.47. The number of benzene rings is 1. The molecule has 1 rings (SSSR count). The molecule has 0 heterocycles. The fourth-order valence-electron chi connectivity index (χ4n) is 1.58. The van der Waals surface area contributed by atoms with Crippen molar-refractivity contribution in [1.29, 1.82) is 0 Å². The van der Waals surface area contributed by atoms with Crippen LogP contribution < -0.4 is 5.73 Å². The number of rotatable bonds is 9. The number of ether oxygens (including phenoxy) is 4. The van der Waals surface area contributed by atoms with Crippen LogP contribution in [0.5, 0.6) is 0 Å². The van der Waals surface area contributed by atoms with Crippen LogP contribution in [0, 0.1) is 0 Å². The van der Waals surface area contributed by atoms with Gasteiger partial charge >= 0.3 is 24.9 Å². The quantitative estimate of drug-likeness (QED) is 0.384. The van der Waals surface area contributed by atoms with Gasteiger partial charge < -0.3 is 34.9 Å². The lowest BCUT2D eigenvalue weighted by Crippen LogP contribution is -2.24. The molecule has 0 aliphatic rings. The third-order valence-corrected chi connectivity index (χ3v) is 2.62. The number of aliphatic hydroxyl groups is 2. The summed E-state index contributed by atoms with van der Waals surface area (Å²) in [7, 11) is 1.20.